The van der Waals surface area contributed by atoms with E-state index in [0.29, 0.717) is 0 Å². The molecule has 0 radical (unpaired) electrons. The van der Waals surface area contributed by atoms with Gasteiger partial charge in [-0.1, -0.05) is 11.6 Å². The van der Waals surface area contributed by atoms with Gasteiger partial charge in [0.25, 0.3) is 0 Å². The second kappa shape index (κ2) is 4.59. The highest BCUT2D eigenvalue weighted by Crippen LogP contribution is 2.30. The van der Waals surface area contributed by atoms with Gasteiger partial charge in [-0.15, -0.1) is 0 Å². The number of hydrogen-bond acceptors (Lipinski definition) is 2. The summed E-state index contributed by atoms with van der Waals surface area (Å²) in [6.07, 6.45) is 0. The van der Waals surface area contributed by atoms with E-state index in [1.54, 1.807) is 0 Å². The van der Waals surface area contributed by atoms with Crippen LogP contribution in [-0.4, -0.2) is 5.11 Å². The maximum Gasteiger partial charge on any atom is 0.137 e. The van der Waals surface area contributed by atoms with Crippen LogP contribution in [0.2, 0.25) is 5.02 Å². The number of benzene rings is 2. The van der Waals surface area contributed by atoms with Crippen molar-refractivity contribution in [3.05, 3.63) is 53.1 Å². The molecule has 5 heteroatoms. The molecule has 0 saturated heterocycles. The quantitative estimate of drug-likeness (QED) is 0.876. The zero-order chi connectivity index (χ0) is 12.4. The van der Waals surface area contributed by atoms with Crippen molar-refractivity contribution in [1.82, 2.24) is 0 Å². The average Bonchev–Trinajstić information content (AvgIpc) is 2.22. The van der Waals surface area contributed by atoms with Crippen LogP contribution >= 0.6 is 11.6 Å². The Morgan fingerprint density at radius 1 is 0.941 bits per heavy atom. The molecule has 2 nitrogen and oxygen atoms in total. The normalized spacial score (nSPS) is 10.3. The van der Waals surface area contributed by atoms with Crippen LogP contribution in [0.3, 0.4) is 0 Å². The van der Waals surface area contributed by atoms with Crippen LogP contribution < -0.4 is 4.74 Å². The third kappa shape index (κ3) is 2.85. The minimum absolute atomic E-state index is 0.00391. The van der Waals surface area contributed by atoms with Gasteiger partial charge in [-0.25, -0.2) is 8.78 Å². The molecular weight excluding hydrogens is 250 g/mol. The molecule has 1 N–H and O–H groups in total. The second-order valence-electron chi connectivity index (χ2n) is 3.32. The molecule has 0 amide bonds. The number of hydrogen-bond donors (Lipinski definition) is 1. The predicted molar refractivity (Wildman–Crippen MR) is 59.5 cm³/mol. The molecule has 0 aromatic heterocycles. The minimum Gasteiger partial charge on any atom is -0.506 e. The van der Waals surface area contributed by atoms with Crippen molar-refractivity contribution in [2.45, 2.75) is 0 Å². The summed E-state index contributed by atoms with van der Waals surface area (Å²) in [5.74, 6) is -1.40. The lowest BCUT2D eigenvalue weighted by atomic mass is 10.3. The summed E-state index contributed by atoms with van der Waals surface area (Å²) in [7, 11) is 0. The van der Waals surface area contributed by atoms with Gasteiger partial charge in [-0.3, -0.25) is 0 Å². The SMILES string of the molecule is Oc1cc(Oc2cc(F)cc(F)c2)ccc1Cl. The van der Waals surface area contributed by atoms with Gasteiger partial charge in [0, 0.05) is 24.3 Å². The monoisotopic (exact) mass is 256 g/mol. The molecule has 2 rings (SSSR count). The standard InChI is InChI=1S/C12H7ClF2O2/c13-11-2-1-9(6-12(11)16)17-10-4-7(14)3-8(15)5-10/h1-6,16H. The molecule has 0 heterocycles. The smallest absolute Gasteiger partial charge is 0.137 e. The molecule has 0 aliphatic rings. The van der Waals surface area contributed by atoms with Crippen molar-refractivity contribution >= 4 is 11.6 Å². The summed E-state index contributed by atoms with van der Waals surface area (Å²) in [5, 5.41) is 9.50. The van der Waals surface area contributed by atoms with E-state index in [1.165, 1.54) is 18.2 Å². The predicted octanol–water partition coefficient (Wildman–Crippen LogP) is 4.12. The van der Waals surface area contributed by atoms with Crippen molar-refractivity contribution < 1.29 is 18.6 Å². The van der Waals surface area contributed by atoms with Crippen LogP contribution in [0.4, 0.5) is 8.78 Å². The molecular formula is C12H7ClF2O2. The van der Waals surface area contributed by atoms with E-state index in [-0.39, 0.29) is 22.3 Å². The highest BCUT2D eigenvalue weighted by molar-refractivity contribution is 6.32. The third-order valence-electron chi connectivity index (χ3n) is 1.99. The van der Waals surface area contributed by atoms with Crippen LogP contribution in [-0.2, 0) is 0 Å². The molecule has 0 aliphatic heterocycles. The summed E-state index contributed by atoms with van der Waals surface area (Å²) in [5.41, 5.74) is 0. The summed E-state index contributed by atoms with van der Waals surface area (Å²) in [6, 6.07) is 6.97. The maximum atomic E-state index is 12.9. The second-order valence-corrected chi connectivity index (χ2v) is 3.73. The highest BCUT2D eigenvalue weighted by Gasteiger charge is 2.05. The van der Waals surface area contributed by atoms with E-state index in [4.69, 9.17) is 16.3 Å². The number of phenolic OH excluding ortho intramolecular Hbond substituents is 1. The lowest BCUT2D eigenvalue weighted by Gasteiger charge is -2.06. The molecule has 0 fully saturated rings. The Hall–Kier alpha value is -1.81. The van der Waals surface area contributed by atoms with E-state index in [1.807, 2.05) is 0 Å². The van der Waals surface area contributed by atoms with Crippen LogP contribution in [0, 0.1) is 11.6 Å². The van der Waals surface area contributed by atoms with Gasteiger partial charge in [0.05, 0.1) is 5.02 Å². The van der Waals surface area contributed by atoms with E-state index in [2.05, 4.69) is 0 Å². The largest absolute Gasteiger partial charge is 0.506 e. The van der Waals surface area contributed by atoms with Crippen molar-refractivity contribution in [3.63, 3.8) is 0 Å². The van der Waals surface area contributed by atoms with Gasteiger partial charge in [-0.2, -0.15) is 0 Å². The number of aromatic hydroxyl groups is 1. The Bertz CT molecular complexity index is 538. The summed E-state index contributed by atoms with van der Waals surface area (Å²) >= 11 is 5.61. The summed E-state index contributed by atoms with van der Waals surface area (Å²) < 4.78 is 30.9. The van der Waals surface area contributed by atoms with Crippen LogP contribution in [0.5, 0.6) is 17.2 Å². The summed E-state index contributed by atoms with van der Waals surface area (Å²) in [4.78, 5) is 0. The molecule has 0 atom stereocenters. The zero-order valence-electron chi connectivity index (χ0n) is 8.45. The fraction of sp³-hybridized carbons (Fsp3) is 0. The van der Waals surface area contributed by atoms with E-state index in [9.17, 15) is 13.9 Å². The summed E-state index contributed by atoms with van der Waals surface area (Å²) in [6.45, 7) is 0. The van der Waals surface area contributed by atoms with Crippen LogP contribution in [0.15, 0.2) is 36.4 Å². The number of halogens is 3. The Balaban J connectivity index is 2.28. The lowest BCUT2D eigenvalue weighted by molar-refractivity contribution is 0.450. The maximum absolute atomic E-state index is 12.9. The van der Waals surface area contributed by atoms with Crippen molar-refractivity contribution in [3.8, 4) is 17.2 Å². The molecule has 0 aliphatic carbocycles. The highest BCUT2D eigenvalue weighted by atomic mass is 35.5. The molecule has 88 valence electrons. The Kier molecular flexibility index (Phi) is 3.15. The first-order chi connectivity index (χ1) is 8.04. The van der Waals surface area contributed by atoms with Gasteiger partial charge < -0.3 is 9.84 Å². The van der Waals surface area contributed by atoms with Crippen LogP contribution in [0.1, 0.15) is 0 Å². The van der Waals surface area contributed by atoms with E-state index >= 15 is 0 Å². The Morgan fingerprint density at radius 2 is 1.59 bits per heavy atom. The Labute approximate surface area is 101 Å². The van der Waals surface area contributed by atoms with Crippen molar-refractivity contribution in [2.75, 3.05) is 0 Å². The van der Waals surface area contributed by atoms with Crippen LogP contribution in [0.25, 0.3) is 0 Å². The molecule has 0 saturated carbocycles. The molecule has 0 spiro atoms. The van der Waals surface area contributed by atoms with E-state index in [0.717, 1.165) is 18.2 Å². The molecule has 2 aromatic rings. The van der Waals surface area contributed by atoms with Gasteiger partial charge in [0.1, 0.15) is 28.9 Å². The fourth-order valence-electron chi connectivity index (χ4n) is 1.28. The average molecular weight is 257 g/mol. The zero-order valence-corrected chi connectivity index (χ0v) is 9.21. The number of phenols is 1. The van der Waals surface area contributed by atoms with Gasteiger partial charge in [0.15, 0.2) is 0 Å². The van der Waals surface area contributed by atoms with Crippen molar-refractivity contribution in [1.29, 1.82) is 0 Å². The van der Waals surface area contributed by atoms with Gasteiger partial charge in [-0.05, 0) is 12.1 Å². The van der Waals surface area contributed by atoms with Gasteiger partial charge in [0.2, 0.25) is 0 Å². The number of ether oxygens (including phenoxy) is 1. The third-order valence-corrected chi connectivity index (χ3v) is 2.31. The Morgan fingerprint density at radius 3 is 2.18 bits per heavy atom. The first kappa shape index (κ1) is 11.7. The van der Waals surface area contributed by atoms with E-state index < -0.39 is 11.6 Å². The fourth-order valence-corrected chi connectivity index (χ4v) is 1.40. The first-order valence-electron chi connectivity index (χ1n) is 4.67. The van der Waals surface area contributed by atoms with Gasteiger partial charge >= 0.3 is 0 Å². The van der Waals surface area contributed by atoms with Crippen molar-refractivity contribution in [2.24, 2.45) is 0 Å². The topological polar surface area (TPSA) is 29.5 Å². The minimum atomic E-state index is -0.738. The molecule has 0 bridgehead atoms. The molecule has 17 heavy (non-hydrogen) atoms. The molecule has 2 aromatic carbocycles. The lowest BCUT2D eigenvalue weighted by Crippen LogP contribution is -1.87. The first-order valence-corrected chi connectivity index (χ1v) is 5.05. The number of rotatable bonds is 2. The molecule has 0 unspecified atom stereocenters.